The quantitative estimate of drug-likeness (QED) is 0.700. The van der Waals surface area contributed by atoms with Gasteiger partial charge in [-0.3, -0.25) is 9.69 Å². The number of piperazine rings is 1. The molecule has 1 atom stereocenters. The van der Waals surface area contributed by atoms with Crippen LogP contribution in [0.1, 0.15) is 24.5 Å². The minimum atomic E-state index is -3.48. The van der Waals surface area contributed by atoms with Gasteiger partial charge in [0.2, 0.25) is 15.9 Å². The smallest absolute Gasteiger partial charge is 0.243 e. The molecule has 0 radical (unpaired) electrons. The van der Waals surface area contributed by atoms with E-state index in [1.807, 2.05) is 49.1 Å². The van der Waals surface area contributed by atoms with Crippen molar-refractivity contribution in [3.8, 4) is 0 Å². The number of carbonyl (C=O) groups excluding carboxylic acids is 1. The topological polar surface area (TPSA) is 69.7 Å². The van der Waals surface area contributed by atoms with Crippen LogP contribution < -0.4 is 5.32 Å². The van der Waals surface area contributed by atoms with E-state index in [1.165, 1.54) is 9.87 Å². The van der Waals surface area contributed by atoms with Crippen LogP contribution in [-0.4, -0.2) is 62.3 Å². The Morgan fingerprint density at radius 3 is 2.27 bits per heavy atom. The molecular formula is C23H31N3O3S. The summed E-state index contributed by atoms with van der Waals surface area (Å²) in [4.78, 5) is 14.7. The average molecular weight is 430 g/mol. The summed E-state index contributed by atoms with van der Waals surface area (Å²) >= 11 is 0. The molecule has 0 saturated carbocycles. The molecule has 7 heteroatoms. The monoisotopic (exact) mass is 429 g/mol. The number of sulfonamides is 1. The van der Waals surface area contributed by atoms with Gasteiger partial charge in [-0.15, -0.1) is 0 Å². The van der Waals surface area contributed by atoms with Crippen molar-refractivity contribution >= 4 is 15.9 Å². The molecule has 1 fully saturated rings. The Balaban J connectivity index is 1.42. The van der Waals surface area contributed by atoms with Crippen molar-refractivity contribution in [2.75, 3.05) is 32.7 Å². The summed E-state index contributed by atoms with van der Waals surface area (Å²) in [5.74, 6) is -0.00889. The first-order valence-corrected chi connectivity index (χ1v) is 11.9. The molecular weight excluding hydrogens is 398 g/mol. The number of amides is 1. The van der Waals surface area contributed by atoms with E-state index in [-0.39, 0.29) is 11.9 Å². The zero-order chi connectivity index (χ0) is 21.6. The van der Waals surface area contributed by atoms with E-state index in [9.17, 15) is 13.2 Å². The highest BCUT2D eigenvalue weighted by atomic mass is 32.2. The van der Waals surface area contributed by atoms with Crippen LogP contribution in [0.3, 0.4) is 0 Å². The summed E-state index contributed by atoms with van der Waals surface area (Å²) in [5.41, 5.74) is 2.30. The number of hydrogen-bond acceptors (Lipinski definition) is 4. The Kier molecular flexibility index (Phi) is 7.64. The lowest BCUT2D eigenvalue weighted by molar-refractivity contribution is -0.123. The maximum atomic E-state index is 12.8. The van der Waals surface area contributed by atoms with Gasteiger partial charge in [0.1, 0.15) is 0 Å². The Bertz CT molecular complexity index is 922. The maximum absolute atomic E-state index is 12.8. The summed E-state index contributed by atoms with van der Waals surface area (Å²) in [5, 5.41) is 3.06. The summed E-state index contributed by atoms with van der Waals surface area (Å²) < 4.78 is 27.1. The number of carbonyl (C=O) groups is 1. The molecule has 1 aliphatic rings. The van der Waals surface area contributed by atoms with Crippen LogP contribution in [0, 0.1) is 6.92 Å². The molecule has 3 rings (SSSR count). The first-order valence-electron chi connectivity index (χ1n) is 10.5. The molecule has 1 aliphatic heterocycles. The van der Waals surface area contributed by atoms with Gasteiger partial charge in [0, 0.05) is 32.2 Å². The maximum Gasteiger partial charge on any atom is 0.243 e. The molecule has 30 heavy (non-hydrogen) atoms. The van der Waals surface area contributed by atoms with Gasteiger partial charge in [-0.1, -0.05) is 48.0 Å². The fraction of sp³-hybridized carbons (Fsp3) is 0.435. The van der Waals surface area contributed by atoms with E-state index in [4.69, 9.17) is 0 Å². The highest BCUT2D eigenvalue weighted by molar-refractivity contribution is 7.89. The summed E-state index contributed by atoms with van der Waals surface area (Å²) in [7, 11) is -3.48. The third-order valence-corrected chi connectivity index (χ3v) is 7.39. The van der Waals surface area contributed by atoms with Gasteiger partial charge in [0.15, 0.2) is 0 Å². The molecule has 2 aromatic carbocycles. The van der Waals surface area contributed by atoms with E-state index in [1.54, 1.807) is 12.1 Å². The summed E-state index contributed by atoms with van der Waals surface area (Å²) in [6, 6.07) is 17.3. The molecule has 1 amide bonds. The second-order valence-corrected chi connectivity index (χ2v) is 9.92. The predicted octanol–water partition coefficient (Wildman–Crippen LogP) is 2.44. The van der Waals surface area contributed by atoms with Crippen LogP contribution in [-0.2, 0) is 21.2 Å². The molecule has 1 heterocycles. The number of hydrogen-bond donors (Lipinski definition) is 1. The Morgan fingerprint density at radius 2 is 1.63 bits per heavy atom. The van der Waals surface area contributed by atoms with Gasteiger partial charge in [0.05, 0.1) is 11.4 Å². The first-order chi connectivity index (χ1) is 14.3. The zero-order valence-electron chi connectivity index (χ0n) is 17.8. The lowest BCUT2D eigenvalue weighted by Gasteiger charge is -2.33. The van der Waals surface area contributed by atoms with E-state index >= 15 is 0 Å². The van der Waals surface area contributed by atoms with Gasteiger partial charge >= 0.3 is 0 Å². The van der Waals surface area contributed by atoms with Gasteiger partial charge in [-0.05, 0) is 44.4 Å². The van der Waals surface area contributed by atoms with E-state index < -0.39 is 10.0 Å². The normalized spacial score (nSPS) is 16.9. The summed E-state index contributed by atoms with van der Waals surface area (Å²) in [6.07, 6.45) is 1.82. The van der Waals surface area contributed by atoms with E-state index in [0.29, 0.717) is 37.6 Å². The molecule has 2 aromatic rings. The van der Waals surface area contributed by atoms with Crippen LogP contribution in [0.25, 0.3) is 0 Å². The van der Waals surface area contributed by atoms with Crippen LogP contribution in [0.4, 0.5) is 0 Å². The van der Waals surface area contributed by atoms with Crippen molar-refractivity contribution in [3.63, 3.8) is 0 Å². The van der Waals surface area contributed by atoms with Crippen molar-refractivity contribution in [1.29, 1.82) is 0 Å². The Morgan fingerprint density at radius 1 is 1.00 bits per heavy atom. The molecule has 0 unspecified atom stereocenters. The highest BCUT2D eigenvalue weighted by Crippen LogP contribution is 2.18. The molecule has 6 nitrogen and oxygen atoms in total. The van der Waals surface area contributed by atoms with Crippen LogP contribution in [0.5, 0.6) is 0 Å². The van der Waals surface area contributed by atoms with Crippen LogP contribution in [0.15, 0.2) is 59.5 Å². The lowest BCUT2D eigenvalue weighted by Crippen LogP contribution is -2.51. The van der Waals surface area contributed by atoms with Crippen LogP contribution in [0.2, 0.25) is 0 Å². The van der Waals surface area contributed by atoms with Crippen molar-refractivity contribution in [3.05, 3.63) is 65.7 Å². The van der Waals surface area contributed by atoms with Crippen molar-refractivity contribution < 1.29 is 13.2 Å². The average Bonchev–Trinajstić information content (AvgIpc) is 2.73. The fourth-order valence-corrected chi connectivity index (χ4v) is 5.03. The lowest BCUT2D eigenvalue weighted by atomic mass is 10.1. The van der Waals surface area contributed by atoms with E-state index in [2.05, 4.69) is 17.4 Å². The number of benzene rings is 2. The van der Waals surface area contributed by atoms with Gasteiger partial charge in [-0.25, -0.2) is 8.42 Å². The fourth-order valence-electron chi connectivity index (χ4n) is 3.61. The van der Waals surface area contributed by atoms with Gasteiger partial charge < -0.3 is 5.32 Å². The minimum Gasteiger partial charge on any atom is -0.353 e. The standard InChI is InChI=1S/C23H31N3O3S/c1-19-8-12-22(13-9-19)30(28,29)26-16-14-25(15-17-26)18-23(27)24-20(2)10-11-21-6-4-3-5-7-21/h3-9,12-13,20H,10-11,14-18H2,1-2H3,(H,24,27)/t20-/m1/s1. The third-order valence-electron chi connectivity index (χ3n) is 5.47. The van der Waals surface area contributed by atoms with E-state index in [0.717, 1.165) is 18.4 Å². The molecule has 0 aromatic heterocycles. The van der Waals surface area contributed by atoms with Gasteiger partial charge in [0.25, 0.3) is 0 Å². The van der Waals surface area contributed by atoms with Crippen molar-refractivity contribution in [2.24, 2.45) is 0 Å². The Hall–Kier alpha value is -2.22. The van der Waals surface area contributed by atoms with Crippen molar-refractivity contribution in [1.82, 2.24) is 14.5 Å². The van der Waals surface area contributed by atoms with Crippen molar-refractivity contribution in [2.45, 2.75) is 37.6 Å². The minimum absolute atomic E-state index is 0.00889. The molecule has 0 spiro atoms. The predicted molar refractivity (Wildman–Crippen MR) is 119 cm³/mol. The first kappa shape index (κ1) is 22.5. The third kappa shape index (κ3) is 6.14. The second-order valence-electron chi connectivity index (χ2n) is 7.99. The Labute approximate surface area is 179 Å². The number of nitrogens with zero attached hydrogens (tertiary/aromatic N) is 2. The second kappa shape index (κ2) is 10.2. The SMILES string of the molecule is Cc1ccc(S(=O)(=O)N2CCN(CC(=O)N[C@H](C)CCc3ccccc3)CC2)cc1. The van der Waals surface area contributed by atoms with Gasteiger partial charge in [-0.2, -0.15) is 4.31 Å². The zero-order valence-corrected chi connectivity index (χ0v) is 18.6. The molecule has 0 aliphatic carbocycles. The molecule has 1 N–H and O–H groups in total. The number of rotatable bonds is 8. The molecule has 162 valence electrons. The summed E-state index contributed by atoms with van der Waals surface area (Å²) in [6.45, 7) is 6.15. The largest absolute Gasteiger partial charge is 0.353 e. The molecule has 1 saturated heterocycles. The van der Waals surface area contributed by atoms with Crippen LogP contribution >= 0.6 is 0 Å². The highest BCUT2D eigenvalue weighted by Gasteiger charge is 2.29. The molecule has 0 bridgehead atoms. The number of nitrogens with one attached hydrogen (secondary N) is 1. The number of aryl methyl sites for hydroxylation is 2.